The van der Waals surface area contributed by atoms with E-state index >= 15 is 0 Å². The van der Waals surface area contributed by atoms with E-state index in [-0.39, 0.29) is 119 Å². The van der Waals surface area contributed by atoms with Gasteiger partial charge >= 0.3 is 0 Å². The molecule has 0 heterocycles. The predicted octanol–water partition coefficient (Wildman–Crippen LogP) is -2.05. The van der Waals surface area contributed by atoms with Crippen molar-refractivity contribution in [2.24, 2.45) is 65.8 Å². The van der Waals surface area contributed by atoms with Gasteiger partial charge in [0.2, 0.25) is 5.91 Å². The molecule has 0 spiro atoms. The molecule has 0 saturated heterocycles. The molecule has 2 aromatic rings. The number of aliphatic imine (C=N–C) groups is 4. The first-order valence-electron chi connectivity index (χ1n) is 15.2. The van der Waals surface area contributed by atoms with E-state index in [1.165, 1.54) is 6.92 Å². The van der Waals surface area contributed by atoms with Crippen molar-refractivity contribution in [2.45, 2.75) is 26.3 Å². The molecule has 0 aliphatic rings. The van der Waals surface area contributed by atoms with Crippen LogP contribution in [0, 0.1) is 0 Å². The van der Waals surface area contributed by atoms with E-state index in [9.17, 15) is 9.59 Å². The van der Waals surface area contributed by atoms with Crippen LogP contribution >= 0.6 is 0 Å². The van der Waals surface area contributed by atoms with Crippen LogP contribution in [0.3, 0.4) is 0 Å². The van der Waals surface area contributed by atoms with Gasteiger partial charge in [0, 0.05) is 36.1 Å². The van der Waals surface area contributed by atoms with Gasteiger partial charge in [-0.15, -0.1) is 0 Å². The van der Waals surface area contributed by atoms with Crippen LogP contribution in [0.5, 0.6) is 23.0 Å². The monoisotopic (exact) mass is 685 g/mol. The Morgan fingerprint density at radius 2 is 1.06 bits per heavy atom. The first-order chi connectivity index (χ1) is 23.4. The number of hydrogen-bond donors (Lipinski definition) is 9. The van der Waals surface area contributed by atoms with Crippen LogP contribution < -0.4 is 70.1 Å². The summed E-state index contributed by atoms with van der Waals surface area (Å²) in [5.74, 6) is 0.472. The van der Waals surface area contributed by atoms with Crippen LogP contribution in [0.2, 0.25) is 0 Å². The standard InChI is InChI=1S/C30H47N13O6/c1-18(44)5-8-23(45)43-17-19-6-7-21(26(49-16-12-42-30(37)38)24(19)47-14-10-40-28(33)34)20-3-2-4-22(46-13-9-39-27(31)32)25(20)48-15-11-41-29(35)36/h2-4,6-7H,5,8-17H2,1H3,(H,43,45)(H4,31,32,39)(H4,33,34,40)(H4,35,36,41)(H4,37,38,42). The number of para-hydroxylation sites is 1. The first-order valence-corrected chi connectivity index (χ1v) is 15.2. The molecule has 0 unspecified atom stereocenters. The summed E-state index contributed by atoms with van der Waals surface area (Å²) in [5, 5.41) is 2.82. The number of hydrogen-bond acceptors (Lipinski definition) is 10. The number of amides is 1. The summed E-state index contributed by atoms with van der Waals surface area (Å²) >= 11 is 0. The average molecular weight is 686 g/mol. The van der Waals surface area contributed by atoms with E-state index in [4.69, 9.17) is 64.8 Å². The van der Waals surface area contributed by atoms with Gasteiger partial charge in [0.1, 0.15) is 32.2 Å². The number of ketones is 1. The van der Waals surface area contributed by atoms with Crippen LogP contribution in [0.1, 0.15) is 25.3 Å². The molecule has 0 fully saturated rings. The minimum Gasteiger partial charge on any atom is -0.488 e. The highest BCUT2D eigenvalue weighted by molar-refractivity contribution is 5.84. The van der Waals surface area contributed by atoms with E-state index in [0.29, 0.717) is 28.2 Å². The quantitative estimate of drug-likeness (QED) is 0.0366. The third-order valence-corrected chi connectivity index (χ3v) is 6.18. The maximum Gasteiger partial charge on any atom is 0.220 e. The molecule has 0 aliphatic heterocycles. The normalized spacial score (nSPS) is 10.2. The van der Waals surface area contributed by atoms with Gasteiger partial charge in [0.25, 0.3) is 0 Å². The molecule has 19 nitrogen and oxygen atoms in total. The van der Waals surface area contributed by atoms with Crippen molar-refractivity contribution < 1.29 is 28.5 Å². The second-order valence-electron chi connectivity index (χ2n) is 10.2. The second kappa shape index (κ2) is 20.9. The van der Waals surface area contributed by atoms with Gasteiger partial charge in [-0.25, -0.2) is 0 Å². The summed E-state index contributed by atoms with van der Waals surface area (Å²) < 4.78 is 24.6. The molecule has 0 aromatic heterocycles. The molecule has 2 aromatic carbocycles. The minimum absolute atomic E-state index is 0.0342. The zero-order chi connectivity index (χ0) is 36.2. The number of rotatable bonds is 22. The number of carbonyl (C=O) groups excluding carboxylic acids is 2. The molecule has 0 saturated carbocycles. The summed E-state index contributed by atoms with van der Waals surface area (Å²) in [7, 11) is 0. The van der Waals surface area contributed by atoms with Gasteiger partial charge < -0.3 is 74.9 Å². The molecule has 19 heteroatoms. The Balaban J connectivity index is 2.69. The lowest BCUT2D eigenvalue weighted by molar-refractivity contribution is -0.124. The number of nitrogens with zero attached hydrogens (tertiary/aromatic N) is 4. The Kier molecular flexibility index (Phi) is 16.6. The molecule has 0 bridgehead atoms. The van der Waals surface area contributed by atoms with E-state index < -0.39 is 0 Å². The fraction of sp³-hybridized carbons (Fsp3) is 0.400. The number of guanidine groups is 4. The highest BCUT2D eigenvalue weighted by atomic mass is 16.5. The molecule has 17 N–H and O–H groups in total. The van der Waals surface area contributed by atoms with Gasteiger partial charge in [0.15, 0.2) is 46.8 Å². The third-order valence-electron chi connectivity index (χ3n) is 6.18. The minimum atomic E-state index is -0.317. The van der Waals surface area contributed by atoms with Crippen molar-refractivity contribution in [1.82, 2.24) is 5.32 Å². The topological polar surface area (TPSA) is 341 Å². The Hall–Kier alpha value is -6.14. The smallest absolute Gasteiger partial charge is 0.220 e. The maximum absolute atomic E-state index is 12.5. The third kappa shape index (κ3) is 14.9. The Bertz CT molecular complexity index is 1510. The number of benzene rings is 2. The molecular formula is C30H47N13O6. The molecule has 0 radical (unpaired) electrons. The van der Waals surface area contributed by atoms with Gasteiger partial charge in [-0.05, 0) is 19.1 Å². The lowest BCUT2D eigenvalue weighted by Gasteiger charge is -2.22. The van der Waals surface area contributed by atoms with Crippen molar-refractivity contribution in [3.05, 3.63) is 35.9 Å². The summed E-state index contributed by atoms with van der Waals surface area (Å²) in [6.07, 6.45) is 0.147. The Morgan fingerprint density at radius 3 is 1.57 bits per heavy atom. The van der Waals surface area contributed by atoms with Crippen molar-refractivity contribution in [1.29, 1.82) is 0 Å². The van der Waals surface area contributed by atoms with Crippen LogP contribution in [-0.4, -0.2) is 88.1 Å². The van der Waals surface area contributed by atoms with Gasteiger partial charge in [-0.2, -0.15) is 0 Å². The molecule has 268 valence electrons. The SMILES string of the molecule is CC(=O)CCC(=O)NCc1ccc(-c2cccc(OCCN=C(N)N)c2OCCN=C(N)N)c(OCCN=C(N)N)c1OCCN=C(N)N. The van der Waals surface area contributed by atoms with Crippen molar-refractivity contribution in [3.8, 4) is 34.1 Å². The summed E-state index contributed by atoms with van der Waals surface area (Å²) in [6.45, 7) is 2.39. The molecule has 1 amide bonds. The van der Waals surface area contributed by atoms with Crippen LogP contribution in [0.4, 0.5) is 0 Å². The van der Waals surface area contributed by atoms with Gasteiger partial charge in [0.05, 0.1) is 26.2 Å². The van der Waals surface area contributed by atoms with Crippen LogP contribution in [0.15, 0.2) is 50.3 Å². The Morgan fingerprint density at radius 1 is 0.592 bits per heavy atom. The van der Waals surface area contributed by atoms with Gasteiger partial charge in [-0.1, -0.05) is 18.2 Å². The zero-order valence-electron chi connectivity index (χ0n) is 27.5. The molecule has 0 aliphatic carbocycles. The van der Waals surface area contributed by atoms with Crippen molar-refractivity contribution in [3.63, 3.8) is 0 Å². The van der Waals surface area contributed by atoms with E-state index in [1.54, 1.807) is 30.3 Å². The van der Waals surface area contributed by atoms with E-state index in [2.05, 4.69) is 25.3 Å². The fourth-order valence-electron chi connectivity index (χ4n) is 4.12. The predicted molar refractivity (Wildman–Crippen MR) is 188 cm³/mol. The number of Topliss-reactive ketones (excluding diaryl/α,β-unsaturated/α-hetero) is 1. The Labute approximate surface area is 284 Å². The lowest BCUT2D eigenvalue weighted by Crippen LogP contribution is -2.25. The van der Waals surface area contributed by atoms with Crippen molar-refractivity contribution >= 4 is 35.5 Å². The number of nitrogens with two attached hydrogens (primary N) is 8. The summed E-state index contributed by atoms with van der Waals surface area (Å²) in [4.78, 5) is 39.8. The summed E-state index contributed by atoms with van der Waals surface area (Å²) in [6, 6.07) is 8.81. The number of nitrogens with one attached hydrogen (secondary N) is 1. The van der Waals surface area contributed by atoms with Crippen LogP contribution in [-0.2, 0) is 16.1 Å². The first kappa shape index (κ1) is 39.0. The number of carbonyl (C=O) groups is 2. The fourth-order valence-corrected chi connectivity index (χ4v) is 4.12. The number of ether oxygens (including phenoxy) is 4. The molecular weight excluding hydrogens is 638 g/mol. The van der Waals surface area contributed by atoms with Crippen molar-refractivity contribution in [2.75, 3.05) is 52.6 Å². The van der Waals surface area contributed by atoms with E-state index in [1.807, 2.05) is 0 Å². The summed E-state index contributed by atoms with van der Waals surface area (Å²) in [5.41, 5.74) is 45.6. The molecule has 0 atom stereocenters. The van der Waals surface area contributed by atoms with Crippen LogP contribution in [0.25, 0.3) is 11.1 Å². The molecule has 49 heavy (non-hydrogen) atoms. The largest absolute Gasteiger partial charge is 0.488 e. The average Bonchev–Trinajstić information content (AvgIpc) is 3.03. The lowest BCUT2D eigenvalue weighted by atomic mass is 9.99. The van der Waals surface area contributed by atoms with E-state index in [0.717, 1.165) is 0 Å². The zero-order valence-corrected chi connectivity index (χ0v) is 27.5. The maximum atomic E-state index is 12.5. The highest BCUT2D eigenvalue weighted by Crippen LogP contribution is 2.47. The second-order valence-corrected chi connectivity index (χ2v) is 10.2. The van der Waals surface area contributed by atoms with Gasteiger partial charge in [-0.3, -0.25) is 24.8 Å². The molecule has 2 rings (SSSR count). The highest BCUT2D eigenvalue weighted by Gasteiger charge is 2.23.